The van der Waals surface area contributed by atoms with Crippen molar-refractivity contribution in [3.8, 4) is 0 Å². The molecule has 1 aliphatic heterocycles. The second-order valence-corrected chi connectivity index (χ2v) is 7.15. The van der Waals surface area contributed by atoms with E-state index in [1.54, 1.807) is 12.4 Å². The monoisotopic (exact) mass is 325 g/mol. The van der Waals surface area contributed by atoms with Crippen LogP contribution in [0.15, 0.2) is 18.5 Å². The van der Waals surface area contributed by atoms with Gasteiger partial charge in [0.25, 0.3) is 0 Å². The standard InChI is InChI=1S/C16H24ClN3O2/c1-16(2,3)22-15(21)19-8-12-5-7-20(10-12)11-13-4-6-18-9-14(13)17/h4,6,9,12H,5,7-8,10-11H2,1-3H3,(H,19,21). The van der Waals surface area contributed by atoms with Crippen LogP contribution in [0.2, 0.25) is 5.02 Å². The fourth-order valence-electron chi connectivity index (χ4n) is 2.54. The number of nitrogens with one attached hydrogen (secondary N) is 1. The first-order chi connectivity index (χ1) is 10.3. The SMILES string of the molecule is CC(C)(C)OC(=O)NCC1CCN(Cc2ccncc2Cl)C1. The van der Waals surface area contributed by atoms with Crippen LogP contribution in [0.25, 0.3) is 0 Å². The zero-order chi connectivity index (χ0) is 16.2. The molecular formula is C16H24ClN3O2. The third-order valence-corrected chi connectivity index (χ3v) is 3.89. The summed E-state index contributed by atoms with van der Waals surface area (Å²) in [6, 6.07) is 1.95. The summed E-state index contributed by atoms with van der Waals surface area (Å²) in [5.74, 6) is 0.452. The van der Waals surface area contributed by atoms with Gasteiger partial charge in [-0.2, -0.15) is 0 Å². The number of carbonyl (C=O) groups excluding carboxylic acids is 1. The van der Waals surface area contributed by atoms with Gasteiger partial charge in [-0.05, 0) is 51.3 Å². The number of hydrogen-bond acceptors (Lipinski definition) is 4. The van der Waals surface area contributed by atoms with Gasteiger partial charge in [0.15, 0.2) is 0 Å². The lowest BCUT2D eigenvalue weighted by Crippen LogP contribution is -2.36. The highest BCUT2D eigenvalue weighted by Gasteiger charge is 2.24. The number of aromatic nitrogens is 1. The average molecular weight is 326 g/mol. The first-order valence-corrected chi connectivity index (χ1v) is 7.99. The van der Waals surface area contributed by atoms with Crippen molar-refractivity contribution in [1.82, 2.24) is 15.2 Å². The number of hydrogen-bond donors (Lipinski definition) is 1. The zero-order valence-electron chi connectivity index (χ0n) is 13.4. The maximum atomic E-state index is 11.7. The van der Waals surface area contributed by atoms with Gasteiger partial charge in [0.2, 0.25) is 0 Å². The van der Waals surface area contributed by atoms with E-state index in [4.69, 9.17) is 16.3 Å². The maximum Gasteiger partial charge on any atom is 0.407 e. The van der Waals surface area contributed by atoms with Crippen LogP contribution in [0.1, 0.15) is 32.8 Å². The number of amides is 1. The van der Waals surface area contributed by atoms with Gasteiger partial charge in [-0.25, -0.2) is 4.79 Å². The second-order valence-electron chi connectivity index (χ2n) is 6.74. The van der Waals surface area contributed by atoms with Crippen molar-refractivity contribution in [3.63, 3.8) is 0 Å². The maximum absolute atomic E-state index is 11.7. The molecule has 1 aromatic heterocycles. The molecule has 0 radical (unpaired) electrons. The van der Waals surface area contributed by atoms with E-state index in [9.17, 15) is 4.79 Å². The quantitative estimate of drug-likeness (QED) is 0.924. The number of likely N-dealkylation sites (tertiary alicyclic amines) is 1. The summed E-state index contributed by atoms with van der Waals surface area (Å²) in [5.41, 5.74) is 0.640. The van der Waals surface area contributed by atoms with Crippen molar-refractivity contribution in [1.29, 1.82) is 0 Å². The van der Waals surface area contributed by atoms with Crippen LogP contribution >= 0.6 is 11.6 Å². The van der Waals surface area contributed by atoms with Crippen LogP contribution in [0.5, 0.6) is 0 Å². The van der Waals surface area contributed by atoms with Crippen LogP contribution in [0, 0.1) is 5.92 Å². The summed E-state index contributed by atoms with van der Waals surface area (Å²) in [7, 11) is 0. The Morgan fingerprint density at radius 2 is 2.32 bits per heavy atom. The number of carbonyl (C=O) groups is 1. The number of pyridine rings is 1. The largest absolute Gasteiger partial charge is 0.444 e. The molecule has 1 atom stereocenters. The molecule has 1 amide bonds. The molecular weight excluding hydrogens is 302 g/mol. The van der Waals surface area contributed by atoms with Crippen LogP contribution in [-0.2, 0) is 11.3 Å². The molecule has 1 N–H and O–H groups in total. The molecule has 22 heavy (non-hydrogen) atoms. The number of halogens is 1. The van der Waals surface area contributed by atoms with E-state index < -0.39 is 5.60 Å². The third-order valence-electron chi connectivity index (χ3n) is 3.55. The van der Waals surface area contributed by atoms with Crippen molar-refractivity contribution in [2.45, 2.75) is 39.3 Å². The minimum atomic E-state index is -0.454. The molecule has 0 aliphatic carbocycles. The van der Waals surface area contributed by atoms with E-state index in [1.165, 1.54) is 0 Å². The summed E-state index contributed by atoms with van der Waals surface area (Å²) in [6.07, 6.45) is 4.16. The van der Waals surface area contributed by atoms with Crippen molar-refractivity contribution < 1.29 is 9.53 Å². The predicted octanol–water partition coefficient (Wildman–Crippen LogP) is 3.08. The molecule has 1 aromatic rings. The number of nitrogens with zero attached hydrogens (tertiary/aromatic N) is 2. The van der Waals surface area contributed by atoms with E-state index in [1.807, 2.05) is 26.8 Å². The minimum absolute atomic E-state index is 0.344. The van der Waals surface area contributed by atoms with E-state index in [2.05, 4.69) is 15.2 Å². The van der Waals surface area contributed by atoms with Gasteiger partial charge in [-0.15, -0.1) is 0 Å². The Morgan fingerprint density at radius 1 is 1.55 bits per heavy atom. The van der Waals surface area contributed by atoms with Crippen molar-refractivity contribution in [2.24, 2.45) is 5.92 Å². The Hall–Kier alpha value is -1.33. The van der Waals surface area contributed by atoms with E-state index in [0.717, 1.165) is 31.6 Å². The van der Waals surface area contributed by atoms with Crippen molar-refractivity contribution >= 4 is 17.7 Å². The fraction of sp³-hybridized carbons (Fsp3) is 0.625. The van der Waals surface area contributed by atoms with Gasteiger partial charge in [-0.3, -0.25) is 9.88 Å². The molecule has 5 nitrogen and oxygen atoms in total. The molecule has 2 heterocycles. The van der Waals surface area contributed by atoms with Gasteiger partial charge in [-0.1, -0.05) is 11.6 Å². The molecule has 1 unspecified atom stereocenters. The van der Waals surface area contributed by atoms with Crippen LogP contribution in [0.4, 0.5) is 4.79 Å². The summed E-state index contributed by atoms with van der Waals surface area (Å²) in [5, 5.41) is 3.56. The van der Waals surface area contributed by atoms with Gasteiger partial charge in [0, 0.05) is 32.0 Å². The highest BCUT2D eigenvalue weighted by Crippen LogP contribution is 2.21. The zero-order valence-corrected chi connectivity index (χ0v) is 14.2. The summed E-state index contributed by atoms with van der Waals surface area (Å²) in [4.78, 5) is 18.0. The number of ether oxygens (including phenoxy) is 1. The van der Waals surface area contributed by atoms with Crippen molar-refractivity contribution in [2.75, 3.05) is 19.6 Å². The topological polar surface area (TPSA) is 54.5 Å². The summed E-state index contributed by atoms with van der Waals surface area (Å²) in [6.45, 7) is 9.03. The highest BCUT2D eigenvalue weighted by atomic mass is 35.5. The highest BCUT2D eigenvalue weighted by molar-refractivity contribution is 6.31. The van der Waals surface area contributed by atoms with Gasteiger partial charge in [0.05, 0.1) is 5.02 Å². The smallest absolute Gasteiger partial charge is 0.407 e. The van der Waals surface area contributed by atoms with Crippen LogP contribution in [0.3, 0.4) is 0 Å². The Balaban J connectivity index is 1.74. The second kappa shape index (κ2) is 7.29. The fourth-order valence-corrected chi connectivity index (χ4v) is 2.72. The molecule has 0 bridgehead atoms. The Morgan fingerprint density at radius 3 is 3.00 bits per heavy atom. The van der Waals surface area contributed by atoms with Gasteiger partial charge in [0.1, 0.15) is 5.60 Å². The normalized spacial score (nSPS) is 19.2. The molecule has 0 saturated carbocycles. The lowest BCUT2D eigenvalue weighted by atomic mass is 10.1. The van der Waals surface area contributed by atoms with Crippen LogP contribution < -0.4 is 5.32 Å². The molecule has 1 saturated heterocycles. The molecule has 1 aliphatic rings. The third kappa shape index (κ3) is 5.46. The summed E-state index contributed by atoms with van der Waals surface area (Å²) >= 11 is 6.14. The van der Waals surface area contributed by atoms with Gasteiger partial charge < -0.3 is 10.1 Å². The molecule has 0 spiro atoms. The summed E-state index contributed by atoms with van der Waals surface area (Å²) < 4.78 is 5.25. The molecule has 6 heteroatoms. The number of rotatable bonds is 4. The average Bonchev–Trinajstić information content (AvgIpc) is 2.85. The first-order valence-electron chi connectivity index (χ1n) is 7.61. The first kappa shape index (κ1) is 17.0. The Bertz CT molecular complexity index is 516. The molecule has 0 aromatic carbocycles. The van der Waals surface area contributed by atoms with E-state index in [-0.39, 0.29) is 6.09 Å². The van der Waals surface area contributed by atoms with Crippen molar-refractivity contribution in [3.05, 3.63) is 29.0 Å². The Labute approximate surface area is 137 Å². The molecule has 2 rings (SSSR count). The van der Waals surface area contributed by atoms with Gasteiger partial charge >= 0.3 is 6.09 Å². The number of alkyl carbamates (subject to hydrolysis) is 1. The minimum Gasteiger partial charge on any atom is -0.444 e. The Kier molecular flexibility index (Phi) is 5.64. The lowest BCUT2D eigenvalue weighted by Gasteiger charge is -2.21. The van der Waals surface area contributed by atoms with E-state index in [0.29, 0.717) is 17.5 Å². The van der Waals surface area contributed by atoms with Crippen LogP contribution in [-0.4, -0.2) is 41.2 Å². The van der Waals surface area contributed by atoms with E-state index >= 15 is 0 Å². The molecule has 1 fully saturated rings. The lowest BCUT2D eigenvalue weighted by molar-refractivity contribution is 0.0519. The molecule has 122 valence electrons. The predicted molar refractivity (Wildman–Crippen MR) is 86.9 cm³/mol.